The van der Waals surface area contributed by atoms with Gasteiger partial charge in [-0.2, -0.15) is 0 Å². The molecule has 0 unspecified atom stereocenters. The number of benzene rings is 1. The summed E-state index contributed by atoms with van der Waals surface area (Å²) in [5.74, 6) is 0. The minimum atomic E-state index is 1.17. The first-order valence-corrected chi connectivity index (χ1v) is 4.84. The summed E-state index contributed by atoms with van der Waals surface area (Å²) in [6.45, 7) is 10.5. The molecule has 1 heteroatoms. The predicted molar refractivity (Wildman–Crippen MR) is 64.5 cm³/mol. The van der Waals surface area contributed by atoms with Gasteiger partial charge in [0.15, 0.2) is 0 Å². The molecule has 1 rings (SSSR count). The van der Waals surface area contributed by atoms with Gasteiger partial charge in [-0.05, 0) is 16.4 Å². The molecule has 0 aliphatic rings. The van der Waals surface area contributed by atoms with Gasteiger partial charge in [0.25, 0.3) is 0 Å². The van der Waals surface area contributed by atoms with E-state index >= 15 is 0 Å². The van der Waals surface area contributed by atoms with E-state index in [1.54, 1.807) is 10.8 Å². The smallest absolute Gasteiger partial charge is 0.0263 e. The largest absolute Gasteiger partial charge is 0.107 e. The lowest BCUT2D eigenvalue weighted by Crippen LogP contribution is -1.63. The van der Waals surface area contributed by atoms with Gasteiger partial charge in [0.2, 0.25) is 0 Å². The van der Waals surface area contributed by atoms with E-state index < -0.39 is 0 Å². The molecular weight excluding hydrogens is 176 g/mol. The maximum Gasteiger partial charge on any atom is -0.0263 e. The summed E-state index contributed by atoms with van der Waals surface area (Å²) in [5.41, 5.74) is 1.17. The van der Waals surface area contributed by atoms with E-state index in [1.807, 2.05) is 36.4 Å². The highest BCUT2D eigenvalue weighted by Crippen LogP contribution is 1.97. The van der Waals surface area contributed by atoms with Gasteiger partial charge in [0, 0.05) is 0 Å². The Morgan fingerprint density at radius 3 is 1.69 bits per heavy atom. The van der Waals surface area contributed by atoms with Crippen molar-refractivity contribution < 1.29 is 0 Å². The molecule has 0 spiro atoms. The van der Waals surface area contributed by atoms with Crippen LogP contribution in [0.25, 0.3) is 6.08 Å². The van der Waals surface area contributed by atoms with Gasteiger partial charge in [-0.25, -0.2) is 0 Å². The highest BCUT2D eigenvalue weighted by molar-refractivity contribution is 8.04. The van der Waals surface area contributed by atoms with E-state index in [0.717, 1.165) is 0 Å². The molecule has 0 heterocycles. The highest BCUT2D eigenvalue weighted by Gasteiger charge is 1.75. The topological polar surface area (TPSA) is 0 Å². The number of rotatable bonds is 3. The third kappa shape index (κ3) is 7.16. The SMILES string of the molecule is C=CSC=C.C=Cc1ccccc1. The van der Waals surface area contributed by atoms with Crippen LogP contribution in [-0.2, 0) is 0 Å². The number of hydrogen-bond acceptors (Lipinski definition) is 1. The molecule has 0 saturated carbocycles. The molecule has 0 aliphatic carbocycles. The van der Waals surface area contributed by atoms with Crippen LogP contribution in [0.4, 0.5) is 0 Å². The summed E-state index contributed by atoms with van der Waals surface area (Å²) < 4.78 is 0. The first kappa shape index (κ1) is 11.8. The first-order chi connectivity index (χ1) is 6.35. The number of hydrogen-bond donors (Lipinski definition) is 0. The second-order valence-electron chi connectivity index (χ2n) is 2.08. The molecule has 68 valence electrons. The normalized spacial score (nSPS) is 7.69. The zero-order valence-corrected chi connectivity index (χ0v) is 8.46. The van der Waals surface area contributed by atoms with Gasteiger partial charge < -0.3 is 0 Å². The lowest BCUT2D eigenvalue weighted by Gasteiger charge is -1.85. The highest BCUT2D eigenvalue weighted by atomic mass is 32.2. The van der Waals surface area contributed by atoms with Crippen LogP contribution in [0.5, 0.6) is 0 Å². The lowest BCUT2D eigenvalue weighted by atomic mass is 10.2. The molecule has 0 amide bonds. The Balaban J connectivity index is 0.000000252. The van der Waals surface area contributed by atoms with Crippen molar-refractivity contribution in [3.8, 4) is 0 Å². The fraction of sp³-hybridized carbons (Fsp3) is 0. The third-order valence-corrected chi connectivity index (χ3v) is 1.61. The van der Waals surface area contributed by atoms with Gasteiger partial charge in [-0.15, -0.1) is 11.8 Å². The van der Waals surface area contributed by atoms with E-state index in [2.05, 4.69) is 19.7 Å². The summed E-state index contributed by atoms with van der Waals surface area (Å²) in [6.07, 6.45) is 1.83. The van der Waals surface area contributed by atoms with Crippen LogP contribution < -0.4 is 0 Å². The second kappa shape index (κ2) is 8.88. The molecule has 13 heavy (non-hydrogen) atoms. The molecule has 0 atom stereocenters. The van der Waals surface area contributed by atoms with Gasteiger partial charge in [-0.1, -0.05) is 56.1 Å². The summed E-state index contributed by atoms with van der Waals surface area (Å²) in [5, 5.41) is 3.46. The molecule has 0 bridgehead atoms. The third-order valence-electron chi connectivity index (χ3n) is 1.23. The lowest BCUT2D eigenvalue weighted by molar-refractivity contribution is 1.67. The van der Waals surface area contributed by atoms with Crippen molar-refractivity contribution in [2.45, 2.75) is 0 Å². The van der Waals surface area contributed by atoms with Crippen LogP contribution in [0.15, 0.2) is 60.9 Å². The number of thioether (sulfide) groups is 1. The Morgan fingerprint density at radius 2 is 1.46 bits per heavy atom. The Kier molecular flexibility index (Phi) is 8.06. The van der Waals surface area contributed by atoms with Crippen LogP contribution >= 0.6 is 11.8 Å². The van der Waals surface area contributed by atoms with Crippen LogP contribution in [0.1, 0.15) is 5.56 Å². The molecule has 0 aliphatic heterocycles. The van der Waals surface area contributed by atoms with Crippen molar-refractivity contribution in [3.63, 3.8) is 0 Å². The zero-order chi connectivity index (χ0) is 9.94. The molecule has 0 aromatic heterocycles. The average molecular weight is 190 g/mol. The molecule has 1 aromatic carbocycles. The molecule has 1 aromatic rings. The predicted octanol–water partition coefficient (Wildman–Crippen LogP) is 4.34. The minimum Gasteiger partial charge on any atom is -0.107 e. The molecule has 0 nitrogen and oxygen atoms in total. The van der Waals surface area contributed by atoms with Crippen molar-refractivity contribution in [1.82, 2.24) is 0 Å². The summed E-state index contributed by atoms with van der Waals surface area (Å²) in [7, 11) is 0. The van der Waals surface area contributed by atoms with Crippen molar-refractivity contribution in [3.05, 3.63) is 66.4 Å². The second-order valence-corrected chi connectivity index (χ2v) is 3.02. The monoisotopic (exact) mass is 190 g/mol. The minimum absolute atomic E-state index is 1.17. The summed E-state index contributed by atoms with van der Waals surface area (Å²) >= 11 is 1.49. The van der Waals surface area contributed by atoms with Crippen LogP contribution in [0.3, 0.4) is 0 Å². The van der Waals surface area contributed by atoms with E-state index in [0.29, 0.717) is 0 Å². The molecule has 0 radical (unpaired) electrons. The van der Waals surface area contributed by atoms with Crippen LogP contribution in [0.2, 0.25) is 0 Å². The molecule has 0 saturated heterocycles. The molecule has 0 fully saturated rings. The molecular formula is C12H14S. The fourth-order valence-electron chi connectivity index (χ4n) is 0.657. The summed E-state index contributed by atoms with van der Waals surface area (Å²) in [4.78, 5) is 0. The Hall–Kier alpha value is -1.21. The fourth-order valence-corrected chi connectivity index (χ4v) is 0.793. The van der Waals surface area contributed by atoms with Crippen molar-refractivity contribution in [2.24, 2.45) is 0 Å². The zero-order valence-electron chi connectivity index (χ0n) is 7.65. The molecule has 0 N–H and O–H groups in total. The Labute approximate surface area is 84.7 Å². The van der Waals surface area contributed by atoms with Crippen molar-refractivity contribution in [1.29, 1.82) is 0 Å². The maximum absolute atomic E-state index is 3.63. The average Bonchev–Trinajstić information content (AvgIpc) is 2.21. The van der Waals surface area contributed by atoms with Crippen molar-refractivity contribution >= 4 is 17.8 Å². The Bertz CT molecular complexity index is 243. The summed E-state index contributed by atoms with van der Waals surface area (Å²) in [6, 6.07) is 10.0. The van der Waals surface area contributed by atoms with E-state index in [9.17, 15) is 0 Å². The quantitative estimate of drug-likeness (QED) is 0.683. The van der Waals surface area contributed by atoms with E-state index in [1.165, 1.54) is 17.3 Å². The van der Waals surface area contributed by atoms with E-state index in [4.69, 9.17) is 0 Å². The van der Waals surface area contributed by atoms with Gasteiger partial charge >= 0.3 is 0 Å². The van der Waals surface area contributed by atoms with Gasteiger partial charge in [0.1, 0.15) is 0 Å². The van der Waals surface area contributed by atoms with Crippen molar-refractivity contribution in [2.75, 3.05) is 0 Å². The van der Waals surface area contributed by atoms with Gasteiger partial charge in [0.05, 0.1) is 0 Å². The Morgan fingerprint density at radius 1 is 0.923 bits per heavy atom. The first-order valence-electron chi connectivity index (χ1n) is 3.90. The van der Waals surface area contributed by atoms with Gasteiger partial charge in [-0.3, -0.25) is 0 Å². The van der Waals surface area contributed by atoms with Crippen LogP contribution in [-0.4, -0.2) is 0 Å². The standard InChI is InChI=1S/C8H8.C4H6S/c1-2-8-6-4-3-5-7-8;1-3-5-4-2/h2-7H,1H2;3-4H,1-2H2. The van der Waals surface area contributed by atoms with Crippen LogP contribution in [0, 0.1) is 0 Å². The maximum atomic E-state index is 3.63. The van der Waals surface area contributed by atoms with E-state index in [-0.39, 0.29) is 0 Å².